The molecule has 1 saturated carbocycles. The zero-order chi connectivity index (χ0) is 18.7. The Kier molecular flexibility index (Phi) is 3.96. The predicted octanol–water partition coefficient (Wildman–Crippen LogP) is 2.67. The van der Waals surface area contributed by atoms with Gasteiger partial charge < -0.3 is 20.3 Å². The summed E-state index contributed by atoms with van der Waals surface area (Å²) in [7, 11) is 0. The van der Waals surface area contributed by atoms with Crippen molar-refractivity contribution in [2.45, 2.75) is 38.3 Å². The lowest BCUT2D eigenvalue weighted by atomic mass is 10.0. The summed E-state index contributed by atoms with van der Waals surface area (Å²) in [6.45, 7) is 2.57. The molecule has 0 radical (unpaired) electrons. The first-order chi connectivity index (χ1) is 12.3. The van der Waals surface area contributed by atoms with Gasteiger partial charge in [-0.05, 0) is 26.2 Å². The molecule has 2 aromatic rings. The quantitative estimate of drug-likeness (QED) is 0.855. The number of nitrogens with two attached hydrogens (primary N) is 1. The van der Waals surface area contributed by atoms with E-state index < -0.39 is 17.2 Å². The minimum Gasteiger partial charge on any atom is -0.477 e. The van der Waals surface area contributed by atoms with E-state index >= 15 is 4.39 Å². The molecule has 2 aliphatic rings. The molecule has 0 bridgehead atoms. The largest absolute Gasteiger partial charge is 0.477 e. The van der Waals surface area contributed by atoms with E-state index in [1.165, 1.54) is 13.1 Å². The number of halogens is 2. The molecule has 1 aromatic carbocycles. The molecule has 0 amide bonds. The van der Waals surface area contributed by atoms with Crippen LogP contribution in [0.25, 0.3) is 10.9 Å². The number of rotatable bonds is 3. The van der Waals surface area contributed by atoms with E-state index in [1.807, 2.05) is 4.90 Å². The molecule has 1 aliphatic carbocycles. The van der Waals surface area contributed by atoms with E-state index in [0.29, 0.717) is 18.6 Å². The van der Waals surface area contributed by atoms with Crippen molar-refractivity contribution in [2.75, 3.05) is 18.0 Å². The van der Waals surface area contributed by atoms with Crippen molar-refractivity contribution >= 4 is 34.2 Å². The predicted molar refractivity (Wildman–Crippen MR) is 97.9 cm³/mol. The summed E-state index contributed by atoms with van der Waals surface area (Å²) in [4.78, 5) is 26.0. The Labute approximate surface area is 154 Å². The molecule has 1 aliphatic heterocycles. The van der Waals surface area contributed by atoms with E-state index in [9.17, 15) is 14.7 Å². The topological polar surface area (TPSA) is 88.6 Å². The summed E-state index contributed by atoms with van der Waals surface area (Å²) < 4.78 is 16.9. The SMILES string of the molecule is Cc1c(F)c(N2CCC(N)C2)c(Cl)c2c1c(=O)c(C(=O)O)cn2C1CC1. The third-order valence-corrected chi connectivity index (χ3v) is 5.63. The van der Waals surface area contributed by atoms with E-state index in [4.69, 9.17) is 17.3 Å². The van der Waals surface area contributed by atoms with Gasteiger partial charge in [-0.15, -0.1) is 0 Å². The van der Waals surface area contributed by atoms with Gasteiger partial charge in [0.05, 0.1) is 21.6 Å². The molecule has 8 heteroatoms. The molecule has 3 N–H and O–H groups in total. The lowest BCUT2D eigenvalue weighted by molar-refractivity contribution is 0.0695. The number of aromatic nitrogens is 1. The Hall–Kier alpha value is -2.12. The van der Waals surface area contributed by atoms with Crippen molar-refractivity contribution in [3.8, 4) is 0 Å². The van der Waals surface area contributed by atoms with E-state index in [1.54, 1.807) is 4.57 Å². The van der Waals surface area contributed by atoms with Gasteiger partial charge >= 0.3 is 5.97 Å². The van der Waals surface area contributed by atoms with Gasteiger partial charge in [0.1, 0.15) is 5.56 Å². The minimum absolute atomic E-state index is 0.0477. The first-order valence-electron chi connectivity index (χ1n) is 8.61. The van der Waals surface area contributed by atoms with Gasteiger partial charge in [0.15, 0.2) is 5.82 Å². The summed E-state index contributed by atoms with van der Waals surface area (Å²) in [6, 6.07) is 0.0220. The van der Waals surface area contributed by atoms with Crippen LogP contribution in [0.15, 0.2) is 11.0 Å². The van der Waals surface area contributed by atoms with Crippen LogP contribution in [0, 0.1) is 12.7 Å². The second-order valence-corrected chi connectivity index (χ2v) is 7.51. The molecule has 1 aromatic heterocycles. The fraction of sp³-hybridized carbons (Fsp3) is 0.444. The highest BCUT2D eigenvalue weighted by Gasteiger charge is 2.33. The monoisotopic (exact) mass is 379 g/mol. The average Bonchev–Trinajstić information content (AvgIpc) is 3.34. The van der Waals surface area contributed by atoms with Gasteiger partial charge in [-0.3, -0.25) is 4.79 Å². The van der Waals surface area contributed by atoms with Crippen LogP contribution in [-0.2, 0) is 0 Å². The number of pyridine rings is 1. The number of fused-ring (bicyclic) bond motifs is 1. The number of aromatic carboxylic acids is 1. The van der Waals surface area contributed by atoms with Crippen molar-refractivity contribution in [1.29, 1.82) is 0 Å². The Morgan fingerprint density at radius 2 is 2.08 bits per heavy atom. The van der Waals surface area contributed by atoms with Crippen LogP contribution in [-0.4, -0.2) is 34.8 Å². The Morgan fingerprint density at radius 3 is 2.62 bits per heavy atom. The second kappa shape index (κ2) is 5.96. The summed E-state index contributed by atoms with van der Waals surface area (Å²) in [6.07, 6.45) is 3.81. The van der Waals surface area contributed by atoms with Crippen LogP contribution in [0.4, 0.5) is 10.1 Å². The maximum Gasteiger partial charge on any atom is 0.341 e. The standard InChI is InChI=1S/C18H19ClFN3O3/c1-8-12-15(13(19)16(14(8)20)22-5-4-9(21)6-22)23(10-2-3-10)7-11(17(12)24)18(25)26/h7,9-10H,2-6,21H2,1H3,(H,25,26). The number of benzene rings is 1. The van der Waals surface area contributed by atoms with Gasteiger partial charge in [0.2, 0.25) is 5.43 Å². The van der Waals surface area contributed by atoms with Crippen LogP contribution in [0.5, 0.6) is 0 Å². The van der Waals surface area contributed by atoms with Crippen LogP contribution in [0.1, 0.15) is 41.2 Å². The van der Waals surface area contributed by atoms with Gasteiger partial charge in [-0.25, -0.2) is 9.18 Å². The van der Waals surface area contributed by atoms with Gasteiger partial charge in [0.25, 0.3) is 0 Å². The van der Waals surface area contributed by atoms with E-state index in [0.717, 1.165) is 19.3 Å². The van der Waals surface area contributed by atoms with Gasteiger partial charge in [-0.1, -0.05) is 11.6 Å². The molecule has 1 unspecified atom stereocenters. The maximum atomic E-state index is 15.2. The van der Waals surface area contributed by atoms with E-state index in [-0.39, 0.29) is 39.3 Å². The first-order valence-corrected chi connectivity index (χ1v) is 8.99. The summed E-state index contributed by atoms with van der Waals surface area (Å²) >= 11 is 6.60. The third kappa shape index (κ3) is 2.49. The van der Waals surface area contributed by atoms with Crippen molar-refractivity contribution < 1.29 is 14.3 Å². The molecule has 6 nitrogen and oxygen atoms in total. The lowest BCUT2D eigenvalue weighted by Crippen LogP contribution is -2.28. The Morgan fingerprint density at radius 1 is 1.38 bits per heavy atom. The second-order valence-electron chi connectivity index (χ2n) is 7.14. The summed E-state index contributed by atoms with van der Waals surface area (Å²) in [5, 5.41) is 9.57. The van der Waals surface area contributed by atoms with E-state index in [2.05, 4.69) is 0 Å². The van der Waals surface area contributed by atoms with Gasteiger partial charge in [0, 0.05) is 36.9 Å². The fourth-order valence-corrected chi connectivity index (χ4v) is 4.16. The number of anilines is 1. The zero-order valence-corrected chi connectivity index (χ0v) is 15.0. The Balaban J connectivity index is 2.09. The number of hydrogen-bond donors (Lipinski definition) is 2. The fourth-order valence-electron chi connectivity index (χ4n) is 3.76. The highest BCUT2D eigenvalue weighted by Crippen LogP contribution is 2.43. The molecular formula is C18H19ClFN3O3. The number of nitrogens with zero attached hydrogens (tertiary/aromatic N) is 2. The van der Waals surface area contributed by atoms with Crippen molar-refractivity contribution in [3.05, 3.63) is 38.4 Å². The number of carboxylic acid groups (broad SMARTS) is 1. The Bertz CT molecular complexity index is 1000. The van der Waals surface area contributed by atoms with Crippen LogP contribution in [0.2, 0.25) is 5.02 Å². The first kappa shape index (κ1) is 17.3. The van der Waals surface area contributed by atoms with Crippen molar-refractivity contribution in [1.82, 2.24) is 4.57 Å². The molecule has 26 heavy (non-hydrogen) atoms. The van der Waals surface area contributed by atoms with Crippen molar-refractivity contribution in [3.63, 3.8) is 0 Å². The zero-order valence-electron chi connectivity index (χ0n) is 14.3. The summed E-state index contributed by atoms with van der Waals surface area (Å²) in [5.41, 5.74) is 5.68. The molecule has 4 rings (SSSR count). The molecule has 0 spiro atoms. The van der Waals surface area contributed by atoms with Crippen LogP contribution >= 0.6 is 11.6 Å². The highest BCUT2D eigenvalue weighted by molar-refractivity contribution is 6.38. The maximum absolute atomic E-state index is 15.2. The highest BCUT2D eigenvalue weighted by atomic mass is 35.5. The number of aryl methyl sites for hydroxylation is 1. The van der Waals surface area contributed by atoms with Gasteiger partial charge in [-0.2, -0.15) is 0 Å². The minimum atomic E-state index is -1.32. The van der Waals surface area contributed by atoms with Crippen LogP contribution < -0.4 is 16.1 Å². The third-order valence-electron chi connectivity index (χ3n) is 5.27. The number of carboxylic acids is 1. The molecule has 2 heterocycles. The lowest BCUT2D eigenvalue weighted by Gasteiger charge is -2.24. The average molecular weight is 380 g/mol. The molecule has 1 atom stereocenters. The smallest absolute Gasteiger partial charge is 0.341 e. The normalized spacial score (nSPS) is 20.2. The molecule has 1 saturated heterocycles. The number of hydrogen-bond acceptors (Lipinski definition) is 4. The van der Waals surface area contributed by atoms with Crippen LogP contribution in [0.3, 0.4) is 0 Å². The summed E-state index contributed by atoms with van der Waals surface area (Å²) in [5.74, 6) is -1.91. The molecule has 138 valence electrons. The molecular weight excluding hydrogens is 361 g/mol. The molecule has 2 fully saturated rings. The van der Waals surface area contributed by atoms with Crippen molar-refractivity contribution in [2.24, 2.45) is 5.73 Å². The number of carbonyl (C=O) groups is 1.